The summed E-state index contributed by atoms with van der Waals surface area (Å²) < 4.78 is 0. The van der Waals surface area contributed by atoms with Crippen molar-refractivity contribution in [3.63, 3.8) is 0 Å². The van der Waals surface area contributed by atoms with Gasteiger partial charge in [-0.05, 0) is 6.42 Å². The Morgan fingerprint density at radius 1 is 1.26 bits per heavy atom. The Morgan fingerprint density at radius 3 is 2.47 bits per heavy atom. The van der Waals surface area contributed by atoms with Crippen LogP contribution in [-0.4, -0.2) is 58.6 Å². The number of aliphatic carboxylic acids is 2. The second-order valence-corrected chi connectivity index (χ2v) is 4.57. The fraction of sp³-hybridized carbons (Fsp3) is 0.600. The summed E-state index contributed by atoms with van der Waals surface area (Å²) in [5.41, 5.74) is 0. The van der Waals surface area contributed by atoms with E-state index in [0.29, 0.717) is 12.8 Å². The van der Waals surface area contributed by atoms with E-state index in [1.54, 1.807) is 0 Å². The van der Waals surface area contributed by atoms with Crippen LogP contribution in [0.25, 0.3) is 0 Å². The van der Waals surface area contributed by atoms with Crippen LogP contribution in [0.3, 0.4) is 0 Å². The summed E-state index contributed by atoms with van der Waals surface area (Å²) in [7, 11) is 0. The molecule has 1 unspecified atom stereocenters. The molecule has 9 heteroatoms. The highest BCUT2D eigenvalue weighted by Gasteiger charge is 2.16. The second-order valence-electron chi connectivity index (χ2n) is 3.54. The Labute approximate surface area is 113 Å². The first-order valence-corrected chi connectivity index (χ1v) is 6.61. The van der Waals surface area contributed by atoms with Crippen LogP contribution in [-0.2, 0) is 19.2 Å². The molecule has 0 aliphatic carbocycles. The van der Waals surface area contributed by atoms with Gasteiger partial charge in [0.05, 0.1) is 5.75 Å². The second kappa shape index (κ2) is 10.2. The van der Waals surface area contributed by atoms with Crippen LogP contribution in [0, 0.1) is 0 Å². The number of hydrogen-bond acceptors (Lipinski definition) is 5. The molecule has 1 atom stereocenters. The van der Waals surface area contributed by atoms with Gasteiger partial charge >= 0.3 is 11.9 Å². The first-order valence-electron chi connectivity index (χ1n) is 5.46. The van der Waals surface area contributed by atoms with Crippen LogP contribution in [0.5, 0.6) is 0 Å². The molecule has 0 rings (SSSR count). The molecule has 0 heterocycles. The van der Waals surface area contributed by atoms with Gasteiger partial charge in [0.15, 0.2) is 0 Å². The summed E-state index contributed by atoms with van der Waals surface area (Å²) in [6.07, 6.45) is 0.624. The van der Waals surface area contributed by atoms with Gasteiger partial charge in [-0.15, -0.1) is 11.8 Å². The van der Waals surface area contributed by atoms with Crippen LogP contribution in [0.4, 0.5) is 0 Å². The van der Waals surface area contributed by atoms with E-state index in [1.165, 1.54) is 0 Å². The number of carboxylic acids is 2. The number of carboxylic acid groups (broad SMARTS) is 2. The van der Waals surface area contributed by atoms with Gasteiger partial charge in [-0.2, -0.15) is 0 Å². The lowest BCUT2D eigenvalue weighted by Gasteiger charge is -2.10. The minimum Gasteiger partial charge on any atom is -0.481 e. The number of thioether (sulfide) groups is 1. The van der Waals surface area contributed by atoms with E-state index in [4.69, 9.17) is 10.2 Å². The number of rotatable bonds is 11. The number of carbonyl (C=O) groups is 4. The van der Waals surface area contributed by atoms with Crippen LogP contribution in [0.2, 0.25) is 0 Å². The summed E-state index contributed by atoms with van der Waals surface area (Å²) >= 11 is 1.07. The molecule has 19 heavy (non-hydrogen) atoms. The standard InChI is InChI=1S/C10H16N2O6S/c13-6-12-7(10(17)18)4-19-5-8(14)11-3-1-2-9(15)16/h6-7H,1-5H2,(H,11,14)(H,12,13)(H,15,16)(H,17,18). The van der Waals surface area contributed by atoms with Gasteiger partial charge in [0, 0.05) is 18.7 Å². The highest BCUT2D eigenvalue weighted by molar-refractivity contribution is 8.00. The Balaban J connectivity index is 3.69. The largest absolute Gasteiger partial charge is 0.481 e. The molecule has 0 fully saturated rings. The zero-order valence-electron chi connectivity index (χ0n) is 10.1. The van der Waals surface area contributed by atoms with Gasteiger partial charge in [0.1, 0.15) is 6.04 Å². The van der Waals surface area contributed by atoms with Gasteiger partial charge < -0.3 is 20.8 Å². The molecule has 0 aliphatic heterocycles. The Morgan fingerprint density at radius 2 is 1.95 bits per heavy atom. The fourth-order valence-electron chi connectivity index (χ4n) is 1.06. The summed E-state index contributed by atoms with van der Waals surface area (Å²) in [5.74, 6) is -2.26. The fourth-order valence-corrected chi connectivity index (χ4v) is 1.94. The van der Waals surface area contributed by atoms with Crippen molar-refractivity contribution in [2.75, 3.05) is 18.1 Å². The lowest BCUT2D eigenvalue weighted by Crippen LogP contribution is -2.38. The molecule has 0 saturated heterocycles. The van der Waals surface area contributed by atoms with E-state index in [9.17, 15) is 19.2 Å². The van der Waals surface area contributed by atoms with E-state index < -0.39 is 18.0 Å². The van der Waals surface area contributed by atoms with E-state index in [-0.39, 0.29) is 30.4 Å². The molecule has 0 aromatic carbocycles. The third-order valence-corrected chi connectivity index (χ3v) is 3.01. The first-order chi connectivity index (χ1) is 8.97. The van der Waals surface area contributed by atoms with Crippen molar-refractivity contribution in [2.45, 2.75) is 18.9 Å². The average Bonchev–Trinajstić information content (AvgIpc) is 2.33. The molecule has 2 amide bonds. The molecular weight excluding hydrogens is 276 g/mol. The van der Waals surface area contributed by atoms with Crippen molar-refractivity contribution in [1.29, 1.82) is 0 Å². The van der Waals surface area contributed by atoms with Crippen molar-refractivity contribution < 1.29 is 29.4 Å². The smallest absolute Gasteiger partial charge is 0.327 e. The lowest BCUT2D eigenvalue weighted by molar-refractivity contribution is -0.140. The Bertz CT molecular complexity index is 336. The van der Waals surface area contributed by atoms with Gasteiger partial charge in [0.25, 0.3) is 0 Å². The molecule has 0 radical (unpaired) electrons. The van der Waals surface area contributed by atoms with Gasteiger partial charge in [-0.1, -0.05) is 0 Å². The van der Waals surface area contributed by atoms with Crippen molar-refractivity contribution in [3.05, 3.63) is 0 Å². The van der Waals surface area contributed by atoms with Crippen LogP contribution < -0.4 is 10.6 Å². The van der Waals surface area contributed by atoms with E-state index in [1.807, 2.05) is 0 Å². The minimum atomic E-state index is -1.17. The summed E-state index contributed by atoms with van der Waals surface area (Å²) in [6, 6.07) is -1.03. The first kappa shape index (κ1) is 17.2. The number of hydrogen-bond donors (Lipinski definition) is 4. The molecule has 0 aromatic rings. The SMILES string of the molecule is O=CNC(CSCC(=O)NCCCC(=O)O)C(=O)O. The van der Waals surface area contributed by atoms with E-state index in [2.05, 4.69) is 10.6 Å². The molecule has 8 nitrogen and oxygen atoms in total. The molecule has 0 spiro atoms. The molecule has 0 aliphatic rings. The summed E-state index contributed by atoms with van der Waals surface area (Å²) in [6.45, 7) is 0.265. The van der Waals surface area contributed by atoms with E-state index >= 15 is 0 Å². The molecule has 4 N–H and O–H groups in total. The quantitative estimate of drug-likeness (QED) is 0.280. The average molecular weight is 292 g/mol. The molecule has 108 valence electrons. The number of carbonyl (C=O) groups excluding carboxylic acids is 2. The van der Waals surface area contributed by atoms with E-state index in [0.717, 1.165) is 11.8 Å². The third kappa shape index (κ3) is 9.89. The van der Waals surface area contributed by atoms with Gasteiger partial charge in [-0.25, -0.2) is 4.79 Å². The highest BCUT2D eigenvalue weighted by Crippen LogP contribution is 2.02. The maximum Gasteiger partial charge on any atom is 0.327 e. The summed E-state index contributed by atoms with van der Waals surface area (Å²) in [4.78, 5) is 42.3. The Kier molecular flexibility index (Phi) is 9.23. The van der Waals surface area contributed by atoms with Crippen LogP contribution in [0.1, 0.15) is 12.8 Å². The topological polar surface area (TPSA) is 133 Å². The molecule has 0 bridgehead atoms. The van der Waals surface area contributed by atoms with Crippen molar-refractivity contribution in [1.82, 2.24) is 10.6 Å². The molecule has 0 aromatic heterocycles. The minimum absolute atomic E-state index is 0.0161. The molecule has 0 saturated carbocycles. The normalized spacial score (nSPS) is 11.4. The number of nitrogens with one attached hydrogen (secondary N) is 2. The van der Waals surface area contributed by atoms with Crippen molar-refractivity contribution >= 4 is 36.0 Å². The van der Waals surface area contributed by atoms with Crippen molar-refractivity contribution in [2.24, 2.45) is 0 Å². The Hall–Kier alpha value is -1.77. The number of amides is 2. The van der Waals surface area contributed by atoms with Gasteiger partial charge in [-0.3, -0.25) is 14.4 Å². The lowest BCUT2D eigenvalue weighted by atomic mass is 10.3. The summed E-state index contributed by atoms with van der Waals surface area (Å²) in [5, 5.41) is 21.7. The maximum atomic E-state index is 11.3. The maximum absolute atomic E-state index is 11.3. The van der Waals surface area contributed by atoms with Crippen LogP contribution in [0.15, 0.2) is 0 Å². The van der Waals surface area contributed by atoms with Gasteiger partial charge in [0.2, 0.25) is 12.3 Å². The predicted octanol–water partition coefficient (Wildman–Crippen LogP) is -1.10. The predicted molar refractivity (Wildman–Crippen MR) is 67.8 cm³/mol. The van der Waals surface area contributed by atoms with Crippen molar-refractivity contribution in [3.8, 4) is 0 Å². The monoisotopic (exact) mass is 292 g/mol. The zero-order chi connectivity index (χ0) is 14.7. The third-order valence-electron chi connectivity index (χ3n) is 1.97. The highest BCUT2D eigenvalue weighted by atomic mass is 32.2. The van der Waals surface area contributed by atoms with Crippen LogP contribution >= 0.6 is 11.8 Å². The zero-order valence-corrected chi connectivity index (χ0v) is 10.9. The molecular formula is C10H16N2O6S.